The number of carbonyl (C=O) groups is 1. The van der Waals surface area contributed by atoms with Gasteiger partial charge in [-0.15, -0.1) is 0 Å². The van der Waals surface area contributed by atoms with E-state index in [2.05, 4.69) is 26.1 Å². The number of hydrogen-bond donors (Lipinski definition) is 1. The molecule has 1 rings (SSSR count). The Hall–Kier alpha value is -0.610. The molecule has 1 fully saturated rings. The summed E-state index contributed by atoms with van der Waals surface area (Å²) in [7, 11) is 1.68. The number of amides is 1. The van der Waals surface area contributed by atoms with Crippen LogP contribution in [0.3, 0.4) is 0 Å². The molecule has 1 amide bonds. The fourth-order valence-electron chi connectivity index (χ4n) is 2.69. The molecule has 0 radical (unpaired) electrons. The van der Waals surface area contributed by atoms with E-state index in [1.807, 2.05) is 4.90 Å². The van der Waals surface area contributed by atoms with E-state index in [4.69, 9.17) is 4.74 Å². The van der Waals surface area contributed by atoms with Gasteiger partial charge >= 0.3 is 0 Å². The number of nitrogens with one attached hydrogen (secondary N) is 1. The average molecular weight is 256 g/mol. The molecule has 1 unspecified atom stereocenters. The largest absolute Gasteiger partial charge is 0.383 e. The number of rotatable bonds is 6. The van der Waals surface area contributed by atoms with Crippen molar-refractivity contribution in [2.75, 3.05) is 33.4 Å². The van der Waals surface area contributed by atoms with Gasteiger partial charge in [-0.1, -0.05) is 6.92 Å². The topological polar surface area (TPSA) is 41.6 Å². The Morgan fingerprint density at radius 2 is 2.22 bits per heavy atom. The summed E-state index contributed by atoms with van der Waals surface area (Å²) in [5.41, 5.74) is -0.198. The number of ether oxygens (including phenoxy) is 1. The summed E-state index contributed by atoms with van der Waals surface area (Å²) in [5.74, 6) is 0.296. The van der Waals surface area contributed by atoms with Gasteiger partial charge in [0.15, 0.2) is 0 Å². The molecule has 1 aliphatic heterocycles. The highest BCUT2D eigenvalue weighted by molar-refractivity contribution is 5.83. The monoisotopic (exact) mass is 256 g/mol. The lowest BCUT2D eigenvalue weighted by atomic mass is 9.77. The summed E-state index contributed by atoms with van der Waals surface area (Å²) in [6.07, 6.45) is 3.01. The van der Waals surface area contributed by atoms with E-state index in [1.54, 1.807) is 7.11 Å². The van der Waals surface area contributed by atoms with Gasteiger partial charge < -0.3 is 15.0 Å². The van der Waals surface area contributed by atoms with E-state index in [-0.39, 0.29) is 11.5 Å². The SMILES string of the molecule is CCC1(C(=O)N(CCOC)C(C)C)CCCNC1. The van der Waals surface area contributed by atoms with Crippen LogP contribution in [0.25, 0.3) is 0 Å². The first-order chi connectivity index (χ1) is 8.57. The minimum atomic E-state index is -0.198. The van der Waals surface area contributed by atoms with E-state index in [9.17, 15) is 4.79 Å². The fraction of sp³-hybridized carbons (Fsp3) is 0.929. The van der Waals surface area contributed by atoms with Crippen LogP contribution in [0.5, 0.6) is 0 Å². The number of methoxy groups -OCH3 is 1. The molecule has 0 aromatic rings. The Balaban J connectivity index is 2.78. The summed E-state index contributed by atoms with van der Waals surface area (Å²) in [6.45, 7) is 9.43. The second-order valence-corrected chi connectivity index (χ2v) is 5.50. The van der Waals surface area contributed by atoms with Crippen molar-refractivity contribution in [2.45, 2.75) is 46.1 Å². The molecule has 0 saturated carbocycles. The molecule has 1 atom stereocenters. The fourth-order valence-corrected chi connectivity index (χ4v) is 2.69. The van der Waals surface area contributed by atoms with E-state index < -0.39 is 0 Å². The zero-order valence-corrected chi connectivity index (χ0v) is 12.3. The van der Waals surface area contributed by atoms with Crippen molar-refractivity contribution in [2.24, 2.45) is 5.41 Å². The maximum absolute atomic E-state index is 12.8. The molecule has 0 aliphatic carbocycles. The van der Waals surface area contributed by atoms with Crippen molar-refractivity contribution in [3.8, 4) is 0 Å². The lowest BCUT2D eigenvalue weighted by Crippen LogP contribution is -2.54. The Labute approximate surface area is 111 Å². The molecule has 18 heavy (non-hydrogen) atoms. The standard InChI is InChI=1S/C14H28N2O2/c1-5-14(7-6-8-15-11-14)13(17)16(12(2)3)9-10-18-4/h12,15H,5-11H2,1-4H3. The Kier molecular flexibility index (Phi) is 6.09. The molecule has 1 aliphatic rings. The molecule has 1 saturated heterocycles. The Morgan fingerprint density at radius 1 is 1.50 bits per heavy atom. The third-order valence-electron chi connectivity index (χ3n) is 4.02. The van der Waals surface area contributed by atoms with Gasteiger partial charge in [0.2, 0.25) is 5.91 Å². The van der Waals surface area contributed by atoms with Gasteiger partial charge in [-0.3, -0.25) is 4.79 Å². The first-order valence-electron chi connectivity index (χ1n) is 7.08. The summed E-state index contributed by atoms with van der Waals surface area (Å²) in [5, 5.41) is 3.38. The average Bonchev–Trinajstić information content (AvgIpc) is 2.39. The maximum atomic E-state index is 12.8. The molecule has 1 heterocycles. The summed E-state index contributed by atoms with van der Waals surface area (Å²) in [6, 6.07) is 0.234. The highest BCUT2D eigenvalue weighted by atomic mass is 16.5. The van der Waals surface area contributed by atoms with Crippen molar-refractivity contribution in [1.82, 2.24) is 10.2 Å². The molecule has 4 heteroatoms. The van der Waals surface area contributed by atoms with Crippen LogP contribution in [0, 0.1) is 5.41 Å². The van der Waals surface area contributed by atoms with Gasteiger partial charge in [-0.25, -0.2) is 0 Å². The third-order valence-corrected chi connectivity index (χ3v) is 4.02. The number of carbonyl (C=O) groups excluding carboxylic acids is 1. The number of piperidine rings is 1. The molecule has 4 nitrogen and oxygen atoms in total. The van der Waals surface area contributed by atoms with Crippen molar-refractivity contribution in [1.29, 1.82) is 0 Å². The van der Waals surface area contributed by atoms with E-state index in [0.717, 1.165) is 32.4 Å². The van der Waals surface area contributed by atoms with Gasteiger partial charge in [0.05, 0.1) is 12.0 Å². The Morgan fingerprint density at radius 3 is 2.67 bits per heavy atom. The quantitative estimate of drug-likeness (QED) is 0.785. The third kappa shape index (κ3) is 3.45. The van der Waals surface area contributed by atoms with Crippen molar-refractivity contribution >= 4 is 5.91 Å². The molecular weight excluding hydrogens is 228 g/mol. The molecule has 0 bridgehead atoms. The molecule has 0 aromatic carbocycles. The van der Waals surface area contributed by atoms with Gasteiger partial charge in [0.25, 0.3) is 0 Å². The first kappa shape index (κ1) is 15.4. The minimum absolute atomic E-state index is 0.198. The Bertz CT molecular complexity index is 261. The normalized spacial score (nSPS) is 24.3. The van der Waals surface area contributed by atoms with Crippen LogP contribution in [0.1, 0.15) is 40.0 Å². The lowest BCUT2D eigenvalue weighted by Gasteiger charge is -2.41. The summed E-state index contributed by atoms with van der Waals surface area (Å²) < 4.78 is 5.12. The van der Waals surface area contributed by atoms with E-state index in [1.165, 1.54) is 0 Å². The van der Waals surface area contributed by atoms with Gasteiger partial charge in [0, 0.05) is 26.2 Å². The highest BCUT2D eigenvalue weighted by Gasteiger charge is 2.41. The predicted molar refractivity (Wildman–Crippen MR) is 73.6 cm³/mol. The van der Waals surface area contributed by atoms with Crippen LogP contribution in [0.2, 0.25) is 0 Å². The summed E-state index contributed by atoms with van der Waals surface area (Å²) in [4.78, 5) is 14.8. The van der Waals surface area contributed by atoms with E-state index in [0.29, 0.717) is 19.1 Å². The van der Waals surface area contributed by atoms with Crippen LogP contribution in [-0.4, -0.2) is 50.2 Å². The molecule has 106 valence electrons. The van der Waals surface area contributed by atoms with Crippen molar-refractivity contribution < 1.29 is 9.53 Å². The van der Waals surface area contributed by atoms with Crippen molar-refractivity contribution in [3.05, 3.63) is 0 Å². The maximum Gasteiger partial charge on any atom is 0.230 e. The molecule has 0 aromatic heterocycles. The molecule has 0 spiro atoms. The predicted octanol–water partition coefficient (Wildman–Crippen LogP) is 1.65. The first-order valence-corrected chi connectivity index (χ1v) is 7.08. The van der Waals surface area contributed by atoms with Crippen LogP contribution in [0.4, 0.5) is 0 Å². The minimum Gasteiger partial charge on any atom is -0.383 e. The highest BCUT2D eigenvalue weighted by Crippen LogP contribution is 2.32. The van der Waals surface area contributed by atoms with Gasteiger partial charge in [0.1, 0.15) is 0 Å². The molecular formula is C14H28N2O2. The van der Waals surface area contributed by atoms with Crippen LogP contribution in [-0.2, 0) is 9.53 Å². The summed E-state index contributed by atoms with van der Waals surface area (Å²) >= 11 is 0. The lowest BCUT2D eigenvalue weighted by molar-refractivity contribution is -0.146. The molecule has 1 N–H and O–H groups in total. The number of nitrogens with zero attached hydrogens (tertiary/aromatic N) is 1. The number of hydrogen-bond acceptors (Lipinski definition) is 3. The zero-order valence-electron chi connectivity index (χ0n) is 12.3. The smallest absolute Gasteiger partial charge is 0.230 e. The zero-order chi connectivity index (χ0) is 13.6. The second kappa shape index (κ2) is 7.10. The van der Waals surface area contributed by atoms with Gasteiger partial charge in [-0.05, 0) is 39.7 Å². The second-order valence-electron chi connectivity index (χ2n) is 5.50. The van der Waals surface area contributed by atoms with Gasteiger partial charge in [-0.2, -0.15) is 0 Å². The van der Waals surface area contributed by atoms with Crippen LogP contribution in [0.15, 0.2) is 0 Å². The van der Waals surface area contributed by atoms with E-state index >= 15 is 0 Å². The van der Waals surface area contributed by atoms with Crippen LogP contribution >= 0.6 is 0 Å². The van der Waals surface area contributed by atoms with Crippen molar-refractivity contribution in [3.63, 3.8) is 0 Å². The van der Waals surface area contributed by atoms with Crippen LogP contribution < -0.4 is 5.32 Å².